The minimum absolute atomic E-state index is 0.000388. The van der Waals surface area contributed by atoms with E-state index in [9.17, 15) is 14.7 Å². The number of aliphatic hydroxyl groups is 1. The van der Waals surface area contributed by atoms with Gasteiger partial charge in [0.15, 0.2) is 11.5 Å². The second-order valence-electron chi connectivity index (χ2n) is 10.7. The fourth-order valence-corrected chi connectivity index (χ4v) is 4.96. The number of nitrogens with zero attached hydrogens (tertiary/aromatic N) is 1. The molecule has 0 aliphatic carbocycles. The number of nitrogens with one attached hydrogen (secondary N) is 3. The van der Waals surface area contributed by atoms with Gasteiger partial charge in [-0.1, -0.05) is 6.92 Å². The van der Waals surface area contributed by atoms with Gasteiger partial charge in [-0.05, 0) is 70.5 Å². The fraction of sp³-hybridized carbons (Fsp3) is 0.533. The first-order chi connectivity index (χ1) is 19.8. The molecule has 11 heteroatoms. The van der Waals surface area contributed by atoms with Crippen LogP contribution in [0.1, 0.15) is 50.4 Å². The Bertz CT molecular complexity index is 1190. The molecule has 0 saturated heterocycles. The van der Waals surface area contributed by atoms with Crippen molar-refractivity contribution < 1.29 is 33.6 Å². The second kappa shape index (κ2) is 14.4. The molecule has 11 nitrogen and oxygen atoms in total. The summed E-state index contributed by atoms with van der Waals surface area (Å²) in [6, 6.07) is 9.26. The maximum atomic E-state index is 14.1. The van der Waals surface area contributed by atoms with Crippen molar-refractivity contribution >= 4 is 23.3 Å². The molecule has 4 rings (SSSR count). The smallest absolute Gasteiger partial charge is 0.323 e. The molecular formula is C30H42N4O7. The van der Waals surface area contributed by atoms with Crippen LogP contribution in [0.5, 0.6) is 17.2 Å². The first-order valence-electron chi connectivity index (χ1n) is 14.3. The predicted molar refractivity (Wildman–Crippen MR) is 156 cm³/mol. The molecule has 2 aromatic rings. The fourth-order valence-electron chi connectivity index (χ4n) is 4.96. The summed E-state index contributed by atoms with van der Waals surface area (Å²) < 4.78 is 23.2. The van der Waals surface area contributed by atoms with Crippen LogP contribution in [0.3, 0.4) is 0 Å². The summed E-state index contributed by atoms with van der Waals surface area (Å²) in [5.74, 6) is 1.32. The molecule has 0 spiro atoms. The number of hydrogen-bond donors (Lipinski definition) is 4. The number of urea groups is 1. The van der Waals surface area contributed by atoms with Crippen molar-refractivity contribution in [2.75, 3.05) is 50.8 Å². The van der Waals surface area contributed by atoms with Crippen molar-refractivity contribution in [3.8, 4) is 17.2 Å². The van der Waals surface area contributed by atoms with Gasteiger partial charge in [-0.25, -0.2) is 4.79 Å². The molecule has 0 bridgehead atoms. The first kappa shape index (κ1) is 30.4. The number of anilines is 2. The summed E-state index contributed by atoms with van der Waals surface area (Å²) in [5, 5.41) is 18.8. The van der Waals surface area contributed by atoms with E-state index >= 15 is 0 Å². The molecule has 0 fully saturated rings. The van der Waals surface area contributed by atoms with E-state index < -0.39 is 12.1 Å². The molecule has 224 valence electrons. The van der Waals surface area contributed by atoms with Crippen LogP contribution in [0, 0.1) is 5.92 Å². The zero-order chi connectivity index (χ0) is 29.4. The molecule has 2 heterocycles. The van der Waals surface area contributed by atoms with Crippen LogP contribution in [-0.2, 0) is 4.74 Å². The van der Waals surface area contributed by atoms with E-state index in [1.807, 2.05) is 20.9 Å². The van der Waals surface area contributed by atoms with Crippen molar-refractivity contribution in [1.82, 2.24) is 10.2 Å². The third-order valence-corrected chi connectivity index (χ3v) is 7.35. The first-order valence-corrected chi connectivity index (χ1v) is 14.3. The molecule has 41 heavy (non-hydrogen) atoms. The van der Waals surface area contributed by atoms with Crippen molar-refractivity contribution in [2.24, 2.45) is 5.92 Å². The number of carbonyl (C=O) groups is 2. The third kappa shape index (κ3) is 8.02. The monoisotopic (exact) mass is 570 g/mol. The normalized spacial score (nSPS) is 22.2. The van der Waals surface area contributed by atoms with Crippen LogP contribution in [0.15, 0.2) is 36.4 Å². The highest BCUT2D eigenvalue weighted by Crippen LogP contribution is 2.34. The summed E-state index contributed by atoms with van der Waals surface area (Å²) in [7, 11) is 1.88. The molecule has 2 aromatic carbocycles. The SMILES string of the molecule is CNC[C@H]1OCCCC[C@@H](C)Oc2ccc(NC(=O)Nc3ccc4c(c3)OCO4)cc2C(=O)N([C@@H](C)CO)C[C@@H]1C. The van der Waals surface area contributed by atoms with Crippen LogP contribution in [-0.4, -0.2) is 80.3 Å². The Labute approximate surface area is 241 Å². The Morgan fingerprint density at radius 1 is 1.05 bits per heavy atom. The number of rotatable bonds is 6. The van der Waals surface area contributed by atoms with Crippen LogP contribution in [0.4, 0.5) is 16.2 Å². The van der Waals surface area contributed by atoms with E-state index in [4.69, 9.17) is 18.9 Å². The Kier molecular flexibility index (Phi) is 10.7. The second-order valence-corrected chi connectivity index (χ2v) is 10.7. The number of likely N-dealkylation sites (N-methyl/N-ethyl adjacent to an activating group) is 1. The van der Waals surface area contributed by atoms with Crippen LogP contribution in [0.25, 0.3) is 0 Å². The number of hydrogen-bond acceptors (Lipinski definition) is 8. The molecule has 0 radical (unpaired) electrons. The van der Waals surface area contributed by atoms with E-state index in [0.717, 1.165) is 19.3 Å². The van der Waals surface area contributed by atoms with Gasteiger partial charge in [0, 0.05) is 43.1 Å². The van der Waals surface area contributed by atoms with Gasteiger partial charge in [0.2, 0.25) is 6.79 Å². The molecular weight excluding hydrogens is 528 g/mol. The molecule has 0 saturated carbocycles. The summed E-state index contributed by atoms with van der Waals surface area (Å²) >= 11 is 0. The van der Waals surface area contributed by atoms with Crippen molar-refractivity contribution in [1.29, 1.82) is 0 Å². The minimum Gasteiger partial charge on any atom is -0.490 e. The molecule has 0 unspecified atom stereocenters. The lowest BCUT2D eigenvalue weighted by molar-refractivity contribution is -0.000451. The minimum atomic E-state index is -0.479. The van der Waals surface area contributed by atoms with E-state index in [-0.39, 0.29) is 37.4 Å². The number of fused-ring (bicyclic) bond motifs is 2. The number of amides is 3. The third-order valence-electron chi connectivity index (χ3n) is 7.35. The highest BCUT2D eigenvalue weighted by molar-refractivity contribution is 6.02. The van der Waals surface area contributed by atoms with Gasteiger partial charge in [-0.2, -0.15) is 0 Å². The van der Waals surface area contributed by atoms with Gasteiger partial charge in [0.05, 0.1) is 30.4 Å². The Morgan fingerprint density at radius 3 is 2.49 bits per heavy atom. The summed E-state index contributed by atoms with van der Waals surface area (Å²) in [6.45, 7) is 7.45. The summed E-state index contributed by atoms with van der Waals surface area (Å²) in [6.07, 6.45) is 2.42. The molecule has 4 N–H and O–H groups in total. The average molecular weight is 571 g/mol. The zero-order valence-corrected chi connectivity index (χ0v) is 24.3. The maximum absolute atomic E-state index is 14.1. The van der Waals surface area contributed by atoms with Crippen molar-refractivity contribution in [3.63, 3.8) is 0 Å². The maximum Gasteiger partial charge on any atom is 0.323 e. The summed E-state index contributed by atoms with van der Waals surface area (Å²) in [5.41, 5.74) is 1.27. The van der Waals surface area contributed by atoms with Crippen LogP contribution >= 0.6 is 0 Å². The summed E-state index contributed by atoms with van der Waals surface area (Å²) in [4.78, 5) is 28.6. The standard InChI is InChI=1S/C30H42N4O7/c1-19-16-34(20(2)17-35)29(36)24-13-22(32-30(37)33-23-9-11-26-27(14-23)40-18-39-26)8-10-25(24)41-21(3)7-5-6-12-38-28(19)15-31-4/h8-11,13-14,19-21,28,31,35H,5-7,12,15-18H2,1-4H3,(H2,32,33,37)/t19-,20-,21+,28+/m0/s1. The quantitative estimate of drug-likeness (QED) is 0.409. The van der Waals surface area contributed by atoms with Crippen LogP contribution < -0.4 is 30.2 Å². The highest BCUT2D eigenvalue weighted by Gasteiger charge is 2.30. The van der Waals surface area contributed by atoms with Crippen molar-refractivity contribution in [3.05, 3.63) is 42.0 Å². The molecule has 4 atom stereocenters. The van der Waals surface area contributed by atoms with E-state index in [2.05, 4.69) is 22.9 Å². The Hall–Kier alpha value is -3.54. The van der Waals surface area contributed by atoms with E-state index in [0.29, 0.717) is 53.9 Å². The van der Waals surface area contributed by atoms with Gasteiger partial charge < -0.3 is 44.9 Å². The van der Waals surface area contributed by atoms with Gasteiger partial charge in [0.25, 0.3) is 5.91 Å². The lowest BCUT2D eigenvalue weighted by Gasteiger charge is -2.34. The number of benzene rings is 2. The molecule has 3 amide bonds. The van der Waals surface area contributed by atoms with Gasteiger partial charge in [-0.15, -0.1) is 0 Å². The zero-order valence-electron chi connectivity index (χ0n) is 24.3. The number of aliphatic hydroxyl groups excluding tert-OH is 1. The van der Waals surface area contributed by atoms with Gasteiger partial charge >= 0.3 is 6.03 Å². The topological polar surface area (TPSA) is 131 Å². The predicted octanol–water partition coefficient (Wildman–Crippen LogP) is 4.07. The highest BCUT2D eigenvalue weighted by atomic mass is 16.7. The van der Waals surface area contributed by atoms with Gasteiger partial charge in [-0.3, -0.25) is 4.79 Å². The number of carbonyl (C=O) groups excluding carboxylic acids is 2. The molecule has 0 aromatic heterocycles. The van der Waals surface area contributed by atoms with E-state index in [1.165, 1.54) is 0 Å². The van der Waals surface area contributed by atoms with E-state index in [1.54, 1.807) is 41.3 Å². The Morgan fingerprint density at radius 2 is 1.76 bits per heavy atom. The molecule has 2 aliphatic rings. The Balaban J connectivity index is 1.60. The lowest BCUT2D eigenvalue weighted by atomic mass is 10.0. The largest absolute Gasteiger partial charge is 0.490 e. The van der Waals surface area contributed by atoms with Crippen LogP contribution in [0.2, 0.25) is 0 Å². The average Bonchev–Trinajstić information content (AvgIpc) is 3.42. The van der Waals surface area contributed by atoms with Gasteiger partial charge in [0.1, 0.15) is 5.75 Å². The lowest BCUT2D eigenvalue weighted by Crippen LogP contribution is -2.47. The number of ether oxygens (including phenoxy) is 4. The molecule has 2 aliphatic heterocycles. The van der Waals surface area contributed by atoms with Crippen molar-refractivity contribution in [2.45, 2.75) is 58.3 Å².